The summed E-state index contributed by atoms with van der Waals surface area (Å²) in [5.74, 6) is 0.443. The first-order valence-corrected chi connectivity index (χ1v) is 5.88. The van der Waals surface area contributed by atoms with Gasteiger partial charge >= 0.3 is 5.88 Å². The summed E-state index contributed by atoms with van der Waals surface area (Å²) in [4.78, 5) is 12.2. The van der Waals surface area contributed by atoms with E-state index in [1.807, 2.05) is 0 Å². The Hall–Kier alpha value is -1.40. The van der Waals surface area contributed by atoms with E-state index in [1.165, 1.54) is 12.5 Å². The predicted molar refractivity (Wildman–Crippen MR) is 62.5 cm³/mol. The molecule has 1 aromatic heterocycles. The maximum absolute atomic E-state index is 10.5. The van der Waals surface area contributed by atoms with Crippen molar-refractivity contribution in [3.8, 4) is 0 Å². The minimum Gasteiger partial charge on any atom is -0.404 e. The summed E-state index contributed by atoms with van der Waals surface area (Å²) >= 11 is 0. The molecule has 17 heavy (non-hydrogen) atoms. The van der Waals surface area contributed by atoms with E-state index in [1.54, 1.807) is 6.07 Å². The summed E-state index contributed by atoms with van der Waals surface area (Å²) < 4.78 is 5.16. The number of likely N-dealkylation sites (tertiary alicyclic amines) is 1. The molecule has 0 aromatic carbocycles. The van der Waals surface area contributed by atoms with Crippen LogP contribution in [0, 0.1) is 10.1 Å². The fourth-order valence-electron chi connectivity index (χ4n) is 2.28. The highest BCUT2D eigenvalue weighted by Crippen LogP contribution is 2.22. The Morgan fingerprint density at radius 2 is 2.35 bits per heavy atom. The van der Waals surface area contributed by atoms with Gasteiger partial charge in [-0.15, -0.1) is 0 Å². The molecule has 0 radical (unpaired) electrons. The molecule has 6 heteroatoms. The second-order valence-corrected chi connectivity index (χ2v) is 4.35. The van der Waals surface area contributed by atoms with Gasteiger partial charge in [0.15, 0.2) is 0 Å². The number of nitro groups is 1. The lowest BCUT2D eigenvalue weighted by atomic mass is 10.0. The number of hydrogen-bond donors (Lipinski definition) is 1. The lowest BCUT2D eigenvalue weighted by Gasteiger charge is -2.34. The van der Waals surface area contributed by atoms with Crippen molar-refractivity contribution in [1.29, 1.82) is 0 Å². The molecular formula is C11H17N3O3. The van der Waals surface area contributed by atoms with Gasteiger partial charge < -0.3 is 10.2 Å². The summed E-state index contributed by atoms with van der Waals surface area (Å²) in [6.07, 6.45) is 3.45. The Morgan fingerprint density at radius 3 is 3.00 bits per heavy atom. The molecule has 1 unspecified atom stereocenters. The molecule has 1 saturated heterocycles. The standard InChI is InChI=1S/C11H17N3O3/c12-7-9-3-1-2-6-13(9)8-10-4-5-11(17-10)14(15)16/h4-5,9H,1-3,6-8,12H2. The molecule has 0 aliphatic carbocycles. The van der Waals surface area contributed by atoms with Gasteiger partial charge in [-0.3, -0.25) is 15.0 Å². The third kappa shape index (κ3) is 2.83. The average Bonchev–Trinajstić information content (AvgIpc) is 2.78. The van der Waals surface area contributed by atoms with Crippen molar-refractivity contribution < 1.29 is 9.34 Å². The second kappa shape index (κ2) is 5.29. The third-order valence-electron chi connectivity index (χ3n) is 3.21. The van der Waals surface area contributed by atoms with E-state index in [4.69, 9.17) is 10.2 Å². The van der Waals surface area contributed by atoms with Crippen LogP contribution in [-0.4, -0.2) is 29.0 Å². The Kier molecular flexibility index (Phi) is 3.75. The van der Waals surface area contributed by atoms with Crippen molar-refractivity contribution in [1.82, 2.24) is 4.90 Å². The van der Waals surface area contributed by atoms with Crippen molar-refractivity contribution in [2.24, 2.45) is 5.73 Å². The maximum atomic E-state index is 10.5. The van der Waals surface area contributed by atoms with Crippen LogP contribution < -0.4 is 5.73 Å². The molecule has 2 heterocycles. The Morgan fingerprint density at radius 1 is 1.53 bits per heavy atom. The second-order valence-electron chi connectivity index (χ2n) is 4.35. The van der Waals surface area contributed by atoms with Crippen LogP contribution in [0.5, 0.6) is 0 Å². The first kappa shape index (κ1) is 12.1. The third-order valence-corrected chi connectivity index (χ3v) is 3.21. The van der Waals surface area contributed by atoms with Crippen molar-refractivity contribution in [2.75, 3.05) is 13.1 Å². The van der Waals surface area contributed by atoms with Gasteiger partial charge in [0.2, 0.25) is 0 Å². The molecule has 94 valence electrons. The van der Waals surface area contributed by atoms with E-state index < -0.39 is 4.92 Å². The number of hydrogen-bond acceptors (Lipinski definition) is 5. The van der Waals surface area contributed by atoms with Gasteiger partial charge in [-0.2, -0.15) is 0 Å². The molecule has 1 fully saturated rings. The molecule has 1 atom stereocenters. The molecule has 2 rings (SSSR count). The van der Waals surface area contributed by atoms with E-state index in [0.717, 1.165) is 19.4 Å². The van der Waals surface area contributed by atoms with Gasteiger partial charge in [0, 0.05) is 12.6 Å². The number of nitrogens with zero attached hydrogens (tertiary/aromatic N) is 2. The number of piperidine rings is 1. The normalized spacial score (nSPS) is 21.6. The summed E-state index contributed by atoms with van der Waals surface area (Å²) in [5, 5.41) is 10.5. The van der Waals surface area contributed by atoms with E-state index >= 15 is 0 Å². The largest absolute Gasteiger partial charge is 0.433 e. The van der Waals surface area contributed by atoms with Crippen molar-refractivity contribution in [3.63, 3.8) is 0 Å². The summed E-state index contributed by atoms with van der Waals surface area (Å²) in [7, 11) is 0. The van der Waals surface area contributed by atoms with E-state index in [2.05, 4.69) is 4.90 Å². The summed E-state index contributed by atoms with van der Waals surface area (Å²) in [6, 6.07) is 3.43. The van der Waals surface area contributed by atoms with E-state index in [0.29, 0.717) is 24.9 Å². The van der Waals surface area contributed by atoms with Crippen molar-refractivity contribution >= 4 is 5.88 Å². The number of furan rings is 1. The Balaban J connectivity index is 2.00. The summed E-state index contributed by atoms with van der Waals surface area (Å²) in [5.41, 5.74) is 5.72. The average molecular weight is 239 g/mol. The van der Waals surface area contributed by atoms with Gasteiger partial charge in [-0.25, -0.2) is 0 Å². The SMILES string of the molecule is NCC1CCCCN1Cc1ccc([N+](=O)[O-])o1. The lowest BCUT2D eigenvalue weighted by molar-refractivity contribution is -0.402. The highest BCUT2D eigenvalue weighted by atomic mass is 16.6. The zero-order chi connectivity index (χ0) is 12.3. The van der Waals surface area contributed by atoms with Crippen LogP contribution in [0.15, 0.2) is 16.5 Å². The molecule has 0 bridgehead atoms. The fourth-order valence-corrected chi connectivity index (χ4v) is 2.28. The highest BCUT2D eigenvalue weighted by Gasteiger charge is 2.23. The molecule has 1 aliphatic heterocycles. The van der Waals surface area contributed by atoms with Crippen LogP contribution in [0.3, 0.4) is 0 Å². The molecule has 0 saturated carbocycles. The zero-order valence-corrected chi connectivity index (χ0v) is 9.67. The molecule has 1 aliphatic rings. The van der Waals surface area contributed by atoms with Gasteiger partial charge in [-0.05, 0) is 25.5 Å². The van der Waals surface area contributed by atoms with Crippen molar-refractivity contribution in [3.05, 3.63) is 28.0 Å². The maximum Gasteiger partial charge on any atom is 0.433 e. The van der Waals surface area contributed by atoms with Gasteiger partial charge in [0.25, 0.3) is 0 Å². The predicted octanol–water partition coefficient (Wildman–Crippen LogP) is 1.50. The first-order chi connectivity index (χ1) is 8.20. The first-order valence-electron chi connectivity index (χ1n) is 5.88. The van der Waals surface area contributed by atoms with Gasteiger partial charge in [-0.1, -0.05) is 6.42 Å². The highest BCUT2D eigenvalue weighted by molar-refractivity contribution is 5.17. The smallest absolute Gasteiger partial charge is 0.404 e. The van der Waals surface area contributed by atoms with Gasteiger partial charge in [0.1, 0.15) is 10.7 Å². The number of rotatable bonds is 4. The van der Waals surface area contributed by atoms with Crippen LogP contribution in [0.25, 0.3) is 0 Å². The molecule has 2 N–H and O–H groups in total. The Labute approximate surface area is 99.5 Å². The summed E-state index contributed by atoms with van der Waals surface area (Å²) in [6.45, 7) is 2.22. The minimum absolute atomic E-state index is 0.193. The van der Waals surface area contributed by atoms with Crippen LogP contribution in [0.2, 0.25) is 0 Å². The lowest BCUT2D eigenvalue weighted by Crippen LogP contribution is -2.43. The molecule has 6 nitrogen and oxygen atoms in total. The van der Waals surface area contributed by atoms with Gasteiger partial charge in [0.05, 0.1) is 12.6 Å². The molecule has 0 spiro atoms. The van der Waals surface area contributed by atoms with E-state index in [9.17, 15) is 10.1 Å². The number of nitrogens with two attached hydrogens (primary N) is 1. The monoisotopic (exact) mass is 239 g/mol. The fraction of sp³-hybridized carbons (Fsp3) is 0.636. The van der Waals surface area contributed by atoms with Crippen molar-refractivity contribution in [2.45, 2.75) is 31.8 Å². The topological polar surface area (TPSA) is 85.5 Å². The van der Waals surface area contributed by atoms with E-state index in [-0.39, 0.29) is 5.88 Å². The molecular weight excluding hydrogens is 222 g/mol. The van der Waals surface area contributed by atoms with Crippen LogP contribution in [-0.2, 0) is 6.54 Å². The minimum atomic E-state index is -0.514. The zero-order valence-electron chi connectivity index (χ0n) is 9.67. The van der Waals surface area contributed by atoms with Crippen LogP contribution >= 0.6 is 0 Å². The van der Waals surface area contributed by atoms with Crippen LogP contribution in [0.4, 0.5) is 5.88 Å². The Bertz CT molecular complexity index is 391. The quantitative estimate of drug-likeness (QED) is 0.635. The van der Waals surface area contributed by atoms with Crippen LogP contribution in [0.1, 0.15) is 25.0 Å². The molecule has 1 aromatic rings. The molecule has 0 amide bonds.